The van der Waals surface area contributed by atoms with Crippen LogP contribution in [0.4, 0.5) is 22.0 Å². The lowest BCUT2D eigenvalue weighted by Gasteiger charge is -2.20. The first-order valence-electron chi connectivity index (χ1n) is 8.59. The van der Waals surface area contributed by atoms with E-state index in [0.717, 1.165) is 24.4 Å². The lowest BCUT2D eigenvalue weighted by Crippen LogP contribution is -2.36. The molecule has 0 saturated heterocycles. The minimum atomic E-state index is -4.91. The molecule has 2 aromatic heterocycles. The normalized spacial score (nSPS) is 12.0. The molecule has 0 aliphatic heterocycles. The topological polar surface area (TPSA) is 54.9 Å². The first-order valence-corrected chi connectivity index (χ1v) is 9.35. The third kappa shape index (κ3) is 5.29. The van der Waals surface area contributed by atoms with Crippen LogP contribution in [0.2, 0.25) is 10.2 Å². The van der Waals surface area contributed by atoms with E-state index in [-0.39, 0.29) is 10.2 Å². The fourth-order valence-electron chi connectivity index (χ4n) is 2.73. The first-order chi connectivity index (χ1) is 14.5. The number of halogens is 7. The molecule has 31 heavy (non-hydrogen) atoms. The summed E-state index contributed by atoms with van der Waals surface area (Å²) in [7, 11) is 0. The number of nitrogens with zero attached hydrogens (tertiary/aromatic N) is 2. The average Bonchev–Trinajstić information content (AvgIpc) is 2.71. The maximum Gasteiger partial charge on any atom is 0.434 e. The van der Waals surface area contributed by atoms with Crippen LogP contribution in [0.3, 0.4) is 0 Å². The molecule has 1 amide bonds. The molecular formula is C20H12Cl2F5N3O. The molecular weight excluding hydrogens is 464 g/mol. The number of pyridine rings is 2. The molecule has 3 rings (SSSR count). The van der Waals surface area contributed by atoms with Crippen molar-refractivity contribution in [1.82, 2.24) is 15.3 Å². The van der Waals surface area contributed by atoms with Crippen LogP contribution in [0.25, 0.3) is 11.1 Å². The van der Waals surface area contributed by atoms with Gasteiger partial charge in [0.25, 0.3) is 11.8 Å². The molecule has 0 radical (unpaired) electrons. The van der Waals surface area contributed by atoms with Crippen LogP contribution < -0.4 is 5.32 Å². The Hall–Kier alpha value is -2.78. The summed E-state index contributed by atoms with van der Waals surface area (Å²) in [5, 5.41) is 1.79. The van der Waals surface area contributed by atoms with Crippen molar-refractivity contribution in [2.24, 2.45) is 0 Å². The zero-order valence-corrected chi connectivity index (χ0v) is 16.9. The minimum Gasteiger partial charge on any atom is -0.346 e. The minimum absolute atomic E-state index is 0.260. The average molecular weight is 476 g/mol. The largest absolute Gasteiger partial charge is 0.434 e. The second-order valence-corrected chi connectivity index (χ2v) is 7.14. The van der Waals surface area contributed by atoms with Crippen molar-refractivity contribution in [3.8, 4) is 11.1 Å². The van der Waals surface area contributed by atoms with Gasteiger partial charge >= 0.3 is 6.18 Å². The fourth-order valence-corrected chi connectivity index (χ4v) is 3.16. The Balaban J connectivity index is 1.78. The van der Waals surface area contributed by atoms with E-state index in [1.807, 2.05) is 5.32 Å². The second kappa shape index (κ2) is 8.76. The van der Waals surface area contributed by atoms with Gasteiger partial charge in [-0.15, -0.1) is 0 Å². The van der Waals surface area contributed by atoms with Crippen LogP contribution in [0, 0.1) is 0 Å². The summed E-state index contributed by atoms with van der Waals surface area (Å²) in [6, 6.07) is 8.85. The van der Waals surface area contributed by atoms with Crippen molar-refractivity contribution in [2.75, 3.05) is 6.54 Å². The van der Waals surface area contributed by atoms with Crippen molar-refractivity contribution in [3.63, 3.8) is 0 Å². The number of carbonyl (C=O) groups is 1. The lowest BCUT2D eigenvalue weighted by atomic mass is 10.0. The van der Waals surface area contributed by atoms with E-state index in [1.165, 1.54) is 24.4 Å². The second-order valence-electron chi connectivity index (χ2n) is 6.35. The van der Waals surface area contributed by atoms with Crippen LogP contribution in [-0.4, -0.2) is 22.4 Å². The third-order valence-corrected chi connectivity index (χ3v) is 4.75. The van der Waals surface area contributed by atoms with Crippen molar-refractivity contribution >= 4 is 29.1 Å². The highest BCUT2D eigenvalue weighted by Gasteiger charge is 2.38. The Labute approximate surface area is 183 Å². The summed E-state index contributed by atoms with van der Waals surface area (Å²) in [6.45, 7) is -1.26. The molecule has 0 fully saturated rings. The summed E-state index contributed by atoms with van der Waals surface area (Å²) in [5.41, 5.74) is -1.83. The molecule has 0 atom stereocenters. The summed E-state index contributed by atoms with van der Waals surface area (Å²) in [5.74, 6) is -4.98. The van der Waals surface area contributed by atoms with Crippen molar-refractivity contribution < 1.29 is 26.7 Å². The van der Waals surface area contributed by atoms with Gasteiger partial charge in [0.2, 0.25) is 0 Å². The lowest BCUT2D eigenvalue weighted by molar-refractivity contribution is -0.141. The number of hydrogen-bond donors (Lipinski definition) is 1. The standard InChI is InChI=1S/C20H12Cl2F5N3O/c21-15-8-11(12-4-6-16(22)29-9-12)3-5-14(15)19(23,24)10-30-18(31)13-2-1-7-28-17(13)20(25,26)27/h1-9H,10H2,(H,30,31). The maximum absolute atomic E-state index is 14.6. The number of amides is 1. The molecule has 3 aromatic rings. The molecule has 2 heterocycles. The van der Waals surface area contributed by atoms with Gasteiger partial charge in [-0.05, 0) is 35.9 Å². The van der Waals surface area contributed by atoms with Gasteiger partial charge in [-0.1, -0.05) is 35.3 Å². The zero-order valence-electron chi connectivity index (χ0n) is 15.4. The van der Waals surface area contributed by atoms with Gasteiger partial charge in [0, 0.05) is 23.5 Å². The highest BCUT2D eigenvalue weighted by Crippen LogP contribution is 2.36. The van der Waals surface area contributed by atoms with E-state index in [9.17, 15) is 26.7 Å². The Morgan fingerprint density at radius 3 is 2.29 bits per heavy atom. The van der Waals surface area contributed by atoms with Gasteiger partial charge in [0.1, 0.15) is 5.15 Å². The molecule has 0 aliphatic rings. The Bertz CT molecular complexity index is 1100. The van der Waals surface area contributed by atoms with E-state index in [4.69, 9.17) is 23.2 Å². The molecule has 0 saturated carbocycles. The highest BCUT2D eigenvalue weighted by atomic mass is 35.5. The Morgan fingerprint density at radius 1 is 0.968 bits per heavy atom. The molecule has 0 bridgehead atoms. The van der Waals surface area contributed by atoms with Crippen molar-refractivity contribution in [1.29, 1.82) is 0 Å². The molecule has 4 nitrogen and oxygen atoms in total. The number of alkyl halides is 5. The molecule has 0 spiro atoms. The third-order valence-electron chi connectivity index (χ3n) is 4.22. The van der Waals surface area contributed by atoms with Gasteiger partial charge in [-0.2, -0.15) is 22.0 Å². The fraction of sp³-hybridized carbons (Fsp3) is 0.150. The van der Waals surface area contributed by atoms with Crippen LogP contribution >= 0.6 is 23.2 Å². The SMILES string of the molecule is O=C(NCC(F)(F)c1ccc(-c2ccc(Cl)nc2)cc1Cl)c1cccnc1C(F)(F)F. The van der Waals surface area contributed by atoms with Gasteiger partial charge in [-0.3, -0.25) is 9.78 Å². The summed E-state index contributed by atoms with van der Waals surface area (Å²) in [4.78, 5) is 19.1. The van der Waals surface area contributed by atoms with Crippen LogP contribution in [0.5, 0.6) is 0 Å². The molecule has 0 unspecified atom stereocenters. The maximum atomic E-state index is 14.6. The number of benzene rings is 1. The molecule has 1 N–H and O–H groups in total. The smallest absolute Gasteiger partial charge is 0.346 e. The van der Waals surface area contributed by atoms with Crippen molar-refractivity contribution in [3.05, 3.63) is 81.9 Å². The van der Waals surface area contributed by atoms with E-state index in [1.54, 1.807) is 6.07 Å². The molecule has 162 valence electrons. The number of hydrogen-bond acceptors (Lipinski definition) is 3. The Kier molecular flexibility index (Phi) is 6.47. The highest BCUT2D eigenvalue weighted by molar-refractivity contribution is 6.31. The van der Waals surface area contributed by atoms with Crippen LogP contribution in [0.15, 0.2) is 54.9 Å². The van der Waals surface area contributed by atoms with Gasteiger partial charge in [0.05, 0.1) is 17.1 Å². The predicted octanol–water partition coefficient (Wildman–Crippen LogP) is 5.99. The van der Waals surface area contributed by atoms with E-state index in [0.29, 0.717) is 11.1 Å². The number of nitrogens with one attached hydrogen (secondary N) is 1. The molecule has 1 aromatic carbocycles. The van der Waals surface area contributed by atoms with Crippen LogP contribution in [-0.2, 0) is 12.1 Å². The van der Waals surface area contributed by atoms with E-state index in [2.05, 4.69) is 9.97 Å². The van der Waals surface area contributed by atoms with Crippen molar-refractivity contribution in [2.45, 2.75) is 12.1 Å². The van der Waals surface area contributed by atoms with Crippen LogP contribution in [0.1, 0.15) is 21.6 Å². The van der Waals surface area contributed by atoms with Gasteiger partial charge < -0.3 is 5.32 Å². The van der Waals surface area contributed by atoms with Gasteiger partial charge in [0.15, 0.2) is 5.69 Å². The quantitative estimate of drug-likeness (QED) is 0.364. The van der Waals surface area contributed by atoms with Gasteiger partial charge in [-0.25, -0.2) is 4.98 Å². The summed E-state index contributed by atoms with van der Waals surface area (Å²) < 4.78 is 68.2. The zero-order chi connectivity index (χ0) is 22.8. The predicted molar refractivity (Wildman–Crippen MR) is 105 cm³/mol. The molecule has 11 heteroatoms. The summed E-state index contributed by atoms with van der Waals surface area (Å²) in [6.07, 6.45) is -2.62. The number of rotatable bonds is 5. The monoisotopic (exact) mass is 475 g/mol. The van der Waals surface area contributed by atoms with E-state index < -0.39 is 41.4 Å². The van der Waals surface area contributed by atoms with E-state index >= 15 is 0 Å². The number of carbonyl (C=O) groups excluding carboxylic acids is 1. The number of aromatic nitrogens is 2. The molecule has 0 aliphatic carbocycles. The summed E-state index contributed by atoms with van der Waals surface area (Å²) >= 11 is 11.7. The Morgan fingerprint density at radius 2 is 1.68 bits per heavy atom. The first kappa shape index (κ1) is 22.9.